The lowest BCUT2D eigenvalue weighted by Crippen LogP contribution is -1.74. The van der Waals surface area contributed by atoms with E-state index in [1.807, 2.05) is 134 Å². The maximum absolute atomic E-state index is 4.39. The van der Waals surface area contributed by atoms with E-state index in [2.05, 4.69) is 40.9 Å². The van der Waals surface area contributed by atoms with Gasteiger partial charge in [0, 0.05) is 0 Å². The van der Waals surface area contributed by atoms with E-state index in [4.69, 9.17) is 0 Å². The Balaban J connectivity index is 1.18. The van der Waals surface area contributed by atoms with Crippen LogP contribution >= 0.6 is 0 Å². The fourth-order valence-corrected chi connectivity index (χ4v) is 3.43. The predicted molar refractivity (Wildman–Crippen MR) is 154 cm³/mol. The molecule has 0 aliphatic heterocycles. The first kappa shape index (κ1) is 25.2. The van der Waals surface area contributed by atoms with Crippen LogP contribution in [0.3, 0.4) is 0 Å². The Morgan fingerprint density at radius 3 is 1.00 bits per heavy atom. The second-order valence-electron chi connectivity index (χ2n) is 8.47. The minimum Gasteiger partial charge on any atom is -0.151 e. The summed E-state index contributed by atoms with van der Waals surface area (Å²) < 4.78 is 0. The topological polar surface area (TPSA) is 98.9 Å². The molecule has 0 spiro atoms. The second-order valence-corrected chi connectivity index (χ2v) is 8.47. The van der Waals surface area contributed by atoms with E-state index >= 15 is 0 Å². The van der Waals surface area contributed by atoms with Crippen molar-refractivity contribution in [3.05, 3.63) is 133 Å². The highest BCUT2D eigenvalue weighted by Crippen LogP contribution is 2.29. The Kier molecular flexibility index (Phi) is 8.16. The molecule has 8 heteroatoms. The quantitative estimate of drug-likeness (QED) is 0.186. The molecule has 5 rings (SSSR count). The summed E-state index contributed by atoms with van der Waals surface area (Å²) in [4.78, 5) is 0. The van der Waals surface area contributed by atoms with Crippen molar-refractivity contribution >= 4 is 45.5 Å². The van der Waals surface area contributed by atoms with Gasteiger partial charge in [0.15, 0.2) is 0 Å². The van der Waals surface area contributed by atoms with Crippen molar-refractivity contribution in [1.29, 1.82) is 0 Å². The smallest absolute Gasteiger partial charge is 0.0887 e. The zero-order valence-electron chi connectivity index (χ0n) is 21.2. The molecule has 188 valence electrons. The van der Waals surface area contributed by atoms with Gasteiger partial charge in [0.05, 0.1) is 45.5 Å². The van der Waals surface area contributed by atoms with Crippen molar-refractivity contribution in [1.82, 2.24) is 0 Å². The molecule has 5 aromatic carbocycles. The maximum Gasteiger partial charge on any atom is 0.0887 e. The van der Waals surface area contributed by atoms with Gasteiger partial charge in [0.2, 0.25) is 0 Å². The van der Waals surface area contributed by atoms with E-state index in [0.717, 1.165) is 51.1 Å². The molecule has 0 N–H and O–H groups in total. The average Bonchev–Trinajstić information content (AvgIpc) is 2.99. The van der Waals surface area contributed by atoms with Gasteiger partial charge in [0.1, 0.15) is 0 Å². The zero-order valence-corrected chi connectivity index (χ0v) is 21.2. The summed E-state index contributed by atoms with van der Waals surface area (Å²) in [5.74, 6) is 0. The molecule has 0 amide bonds. The molecular weight excluding hydrogens is 484 g/mol. The third-order valence-electron chi connectivity index (χ3n) is 5.51. The van der Waals surface area contributed by atoms with Crippen molar-refractivity contribution in [2.24, 2.45) is 40.9 Å². The lowest BCUT2D eigenvalue weighted by Gasteiger charge is -2.01. The predicted octanol–water partition coefficient (Wildman–Crippen LogP) is 11.7. The number of aryl methyl sites for hydroxylation is 1. The summed E-state index contributed by atoms with van der Waals surface area (Å²) in [5.41, 5.74) is 6.98. The normalized spacial score (nSPS) is 11.8. The summed E-state index contributed by atoms with van der Waals surface area (Å²) in [6, 6.07) is 39.7. The minimum absolute atomic E-state index is 0.724. The van der Waals surface area contributed by atoms with Gasteiger partial charge in [-0.05, 0) is 103 Å². The van der Waals surface area contributed by atoms with Crippen LogP contribution in [0.2, 0.25) is 0 Å². The first-order valence-electron chi connectivity index (χ1n) is 12.3. The fraction of sp³-hybridized carbons (Fsp3) is 0.0323. The van der Waals surface area contributed by atoms with Crippen LogP contribution in [-0.2, 0) is 0 Å². The van der Waals surface area contributed by atoms with Crippen LogP contribution in [0.1, 0.15) is 5.56 Å². The molecule has 0 aliphatic carbocycles. The number of rotatable bonds is 8. The standard InChI is InChI=1S/C31H24N8/c1-23-22-30(38-36-28-14-12-26(13-15-28)34-32-24-8-4-2-5-9-24)20-21-31(23)39-37-29-18-16-27(17-19-29)35-33-25-10-6-3-7-11-25/h2-22H,1H3. The third kappa shape index (κ3) is 7.50. The van der Waals surface area contributed by atoms with Crippen molar-refractivity contribution in [2.75, 3.05) is 0 Å². The van der Waals surface area contributed by atoms with Gasteiger partial charge in [-0.2, -0.15) is 40.9 Å². The van der Waals surface area contributed by atoms with Crippen LogP contribution in [0.15, 0.2) is 168 Å². The van der Waals surface area contributed by atoms with E-state index in [9.17, 15) is 0 Å². The first-order valence-corrected chi connectivity index (χ1v) is 12.3. The molecule has 8 nitrogen and oxygen atoms in total. The van der Waals surface area contributed by atoms with E-state index in [0.29, 0.717) is 0 Å². The van der Waals surface area contributed by atoms with E-state index in [1.165, 1.54) is 0 Å². The summed E-state index contributed by atoms with van der Waals surface area (Å²) >= 11 is 0. The maximum atomic E-state index is 4.39. The highest BCUT2D eigenvalue weighted by molar-refractivity contribution is 5.55. The summed E-state index contributed by atoms with van der Waals surface area (Å²) in [6.45, 7) is 1.97. The second kappa shape index (κ2) is 12.6. The van der Waals surface area contributed by atoms with Crippen molar-refractivity contribution < 1.29 is 0 Å². The summed E-state index contributed by atoms with van der Waals surface area (Å²) in [6.07, 6.45) is 0. The highest BCUT2D eigenvalue weighted by atomic mass is 15.1. The number of benzene rings is 5. The molecule has 0 saturated heterocycles. The summed E-state index contributed by atoms with van der Waals surface area (Å²) in [5, 5.41) is 34.3. The molecular formula is C31H24N8. The van der Waals surface area contributed by atoms with Crippen LogP contribution in [0.4, 0.5) is 45.5 Å². The number of hydrogen-bond donors (Lipinski definition) is 0. The average molecular weight is 509 g/mol. The Labute approximate surface area is 226 Å². The number of nitrogens with zero attached hydrogens (tertiary/aromatic N) is 8. The lowest BCUT2D eigenvalue weighted by atomic mass is 10.2. The van der Waals surface area contributed by atoms with Gasteiger partial charge in [-0.1, -0.05) is 36.4 Å². The van der Waals surface area contributed by atoms with Crippen LogP contribution in [0.25, 0.3) is 0 Å². The van der Waals surface area contributed by atoms with Gasteiger partial charge in [-0.25, -0.2) is 0 Å². The van der Waals surface area contributed by atoms with Gasteiger partial charge in [-0.3, -0.25) is 0 Å². The zero-order chi connectivity index (χ0) is 26.7. The molecule has 0 bridgehead atoms. The highest BCUT2D eigenvalue weighted by Gasteiger charge is 2.00. The Morgan fingerprint density at radius 1 is 0.308 bits per heavy atom. The SMILES string of the molecule is Cc1cc(N=Nc2ccc(N=Nc3ccccc3)cc2)ccc1N=Nc1ccc(N=Nc2ccccc2)cc1. The van der Waals surface area contributed by atoms with E-state index in [1.54, 1.807) is 0 Å². The lowest BCUT2D eigenvalue weighted by molar-refractivity contribution is 1.18. The Bertz CT molecular complexity index is 1620. The monoisotopic (exact) mass is 508 g/mol. The molecule has 0 aliphatic rings. The van der Waals surface area contributed by atoms with E-state index < -0.39 is 0 Å². The van der Waals surface area contributed by atoms with Crippen LogP contribution in [0, 0.1) is 6.92 Å². The molecule has 39 heavy (non-hydrogen) atoms. The molecule has 0 atom stereocenters. The Hall–Kier alpha value is -5.50. The van der Waals surface area contributed by atoms with Gasteiger partial charge in [-0.15, -0.1) is 0 Å². The van der Waals surface area contributed by atoms with E-state index in [-0.39, 0.29) is 0 Å². The fourth-order valence-electron chi connectivity index (χ4n) is 3.43. The minimum atomic E-state index is 0.724. The first-order chi connectivity index (χ1) is 19.2. The number of hydrogen-bond acceptors (Lipinski definition) is 8. The molecule has 0 unspecified atom stereocenters. The molecule has 0 fully saturated rings. The van der Waals surface area contributed by atoms with Crippen molar-refractivity contribution in [2.45, 2.75) is 6.92 Å². The van der Waals surface area contributed by atoms with Gasteiger partial charge >= 0.3 is 0 Å². The van der Waals surface area contributed by atoms with Crippen molar-refractivity contribution in [3.8, 4) is 0 Å². The molecule has 0 saturated carbocycles. The summed E-state index contributed by atoms with van der Waals surface area (Å²) in [7, 11) is 0. The molecule has 5 aromatic rings. The molecule has 0 heterocycles. The molecule has 0 aromatic heterocycles. The van der Waals surface area contributed by atoms with Crippen molar-refractivity contribution in [3.63, 3.8) is 0 Å². The van der Waals surface area contributed by atoms with Gasteiger partial charge in [0.25, 0.3) is 0 Å². The number of azo groups is 4. The van der Waals surface area contributed by atoms with Crippen LogP contribution in [0.5, 0.6) is 0 Å². The van der Waals surface area contributed by atoms with Gasteiger partial charge < -0.3 is 0 Å². The largest absolute Gasteiger partial charge is 0.151 e. The van der Waals surface area contributed by atoms with Crippen LogP contribution < -0.4 is 0 Å². The molecule has 0 radical (unpaired) electrons. The van der Waals surface area contributed by atoms with Crippen LogP contribution in [-0.4, -0.2) is 0 Å². The Morgan fingerprint density at radius 2 is 0.615 bits per heavy atom. The third-order valence-corrected chi connectivity index (χ3v) is 5.51.